The summed E-state index contributed by atoms with van der Waals surface area (Å²) in [4.78, 5) is 11.0. The van der Waals surface area contributed by atoms with E-state index in [-0.39, 0.29) is 5.92 Å². The monoisotopic (exact) mass is 314 g/mol. The van der Waals surface area contributed by atoms with Gasteiger partial charge in [-0.1, -0.05) is 26.8 Å². The highest BCUT2D eigenvalue weighted by Gasteiger charge is 2.30. The summed E-state index contributed by atoms with van der Waals surface area (Å²) in [6, 6.07) is 6.48. The maximum atomic E-state index is 11.0. The standard InChI is InChI=1S/C21H30O2/c1-21(2,3)18-7-10-19(11-8-18)23-20-9-6-16-12-15(14-22)4-5-17(16)13-20/h6,9,13-15,18-19H,4-5,7-8,10-12H2,1-3H3. The number of rotatable bonds is 3. The molecule has 1 aromatic rings. The lowest BCUT2D eigenvalue weighted by Gasteiger charge is -2.37. The summed E-state index contributed by atoms with van der Waals surface area (Å²) < 4.78 is 6.27. The van der Waals surface area contributed by atoms with Gasteiger partial charge in [0.05, 0.1) is 6.10 Å². The Kier molecular flexibility index (Phi) is 4.79. The summed E-state index contributed by atoms with van der Waals surface area (Å²) in [5, 5.41) is 0. The molecule has 2 aliphatic rings. The van der Waals surface area contributed by atoms with Gasteiger partial charge in [-0.25, -0.2) is 0 Å². The van der Waals surface area contributed by atoms with Crippen molar-refractivity contribution in [2.45, 2.75) is 71.8 Å². The molecule has 126 valence electrons. The van der Waals surface area contributed by atoms with Crippen LogP contribution in [0.1, 0.15) is 64.0 Å². The maximum absolute atomic E-state index is 11.0. The van der Waals surface area contributed by atoms with Crippen molar-refractivity contribution >= 4 is 6.29 Å². The number of hydrogen-bond acceptors (Lipinski definition) is 2. The third-order valence-electron chi connectivity index (χ3n) is 5.84. The van der Waals surface area contributed by atoms with Gasteiger partial charge in [-0.05, 0) is 79.5 Å². The van der Waals surface area contributed by atoms with Crippen LogP contribution in [0.4, 0.5) is 0 Å². The van der Waals surface area contributed by atoms with Gasteiger partial charge in [-0.2, -0.15) is 0 Å². The Hall–Kier alpha value is -1.31. The maximum Gasteiger partial charge on any atom is 0.123 e. The molecule has 0 bridgehead atoms. The van der Waals surface area contributed by atoms with E-state index in [9.17, 15) is 4.79 Å². The third kappa shape index (κ3) is 3.97. The molecule has 1 atom stereocenters. The minimum atomic E-state index is 0.210. The van der Waals surface area contributed by atoms with Gasteiger partial charge in [0.15, 0.2) is 0 Å². The summed E-state index contributed by atoms with van der Waals surface area (Å²) in [7, 11) is 0. The predicted octanol–water partition coefficient (Wildman–Crippen LogP) is 4.97. The van der Waals surface area contributed by atoms with E-state index in [1.165, 1.54) is 36.8 Å². The number of fused-ring (bicyclic) bond motifs is 1. The van der Waals surface area contributed by atoms with Crippen LogP contribution in [0.15, 0.2) is 18.2 Å². The molecule has 0 radical (unpaired) electrons. The van der Waals surface area contributed by atoms with Gasteiger partial charge in [0.25, 0.3) is 0 Å². The largest absolute Gasteiger partial charge is 0.490 e. The van der Waals surface area contributed by atoms with E-state index in [0.29, 0.717) is 11.5 Å². The first kappa shape index (κ1) is 16.5. The van der Waals surface area contributed by atoms with E-state index in [1.54, 1.807) is 0 Å². The van der Waals surface area contributed by atoms with Gasteiger partial charge in [0.1, 0.15) is 12.0 Å². The molecule has 2 nitrogen and oxygen atoms in total. The van der Waals surface area contributed by atoms with E-state index in [1.807, 2.05) is 0 Å². The highest BCUT2D eigenvalue weighted by molar-refractivity contribution is 5.56. The van der Waals surface area contributed by atoms with Crippen LogP contribution < -0.4 is 4.74 Å². The van der Waals surface area contributed by atoms with Crippen LogP contribution in [0, 0.1) is 17.3 Å². The van der Waals surface area contributed by atoms with Crippen molar-refractivity contribution in [1.29, 1.82) is 0 Å². The third-order valence-corrected chi connectivity index (χ3v) is 5.84. The van der Waals surface area contributed by atoms with Crippen LogP contribution >= 0.6 is 0 Å². The Morgan fingerprint density at radius 3 is 2.43 bits per heavy atom. The van der Waals surface area contributed by atoms with E-state index in [2.05, 4.69) is 39.0 Å². The zero-order chi connectivity index (χ0) is 16.4. The molecule has 0 heterocycles. The van der Waals surface area contributed by atoms with E-state index in [4.69, 9.17) is 4.74 Å². The lowest BCUT2D eigenvalue weighted by atomic mass is 9.72. The van der Waals surface area contributed by atoms with Gasteiger partial charge < -0.3 is 9.53 Å². The summed E-state index contributed by atoms with van der Waals surface area (Å²) in [5.41, 5.74) is 3.13. The number of ether oxygens (including phenoxy) is 1. The van der Waals surface area contributed by atoms with Gasteiger partial charge in [0.2, 0.25) is 0 Å². The molecule has 0 N–H and O–H groups in total. The first-order valence-corrected chi connectivity index (χ1v) is 9.19. The molecule has 0 spiro atoms. The van der Waals surface area contributed by atoms with Crippen LogP contribution in [-0.4, -0.2) is 12.4 Å². The molecule has 3 rings (SSSR count). The summed E-state index contributed by atoms with van der Waals surface area (Å²) in [5.74, 6) is 2.06. The van der Waals surface area contributed by atoms with E-state index >= 15 is 0 Å². The van der Waals surface area contributed by atoms with Crippen molar-refractivity contribution < 1.29 is 9.53 Å². The average Bonchev–Trinajstić information content (AvgIpc) is 2.54. The molecule has 2 heteroatoms. The number of benzene rings is 1. The highest BCUT2D eigenvalue weighted by atomic mass is 16.5. The second-order valence-electron chi connectivity index (χ2n) is 8.53. The number of hydrogen-bond donors (Lipinski definition) is 0. The van der Waals surface area contributed by atoms with Crippen LogP contribution in [0.2, 0.25) is 0 Å². The number of aldehydes is 1. The van der Waals surface area contributed by atoms with Crippen LogP contribution in [-0.2, 0) is 17.6 Å². The molecule has 0 saturated heterocycles. The van der Waals surface area contributed by atoms with Crippen LogP contribution in [0.3, 0.4) is 0 Å². The zero-order valence-corrected chi connectivity index (χ0v) is 14.8. The Morgan fingerprint density at radius 1 is 1.04 bits per heavy atom. The lowest BCUT2D eigenvalue weighted by Crippen LogP contribution is -2.30. The molecular weight excluding hydrogens is 284 g/mol. The van der Waals surface area contributed by atoms with Crippen molar-refractivity contribution in [1.82, 2.24) is 0 Å². The molecule has 1 fully saturated rings. The van der Waals surface area contributed by atoms with E-state index in [0.717, 1.165) is 37.2 Å². The molecule has 0 aromatic heterocycles. The smallest absolute Gasteiger partial charge is 0.123 e. The molecule has 0 amide bonds. The quantitative estimate of drug-likeness (QED) is 0.736. The van der Waals surface area contributed by atoms with E-state index < -0.39 is 0 Å². The number of carbonyl (C=O) groups is 1. The van der Waals surface area contributed by atoms with Crippen LogP contribution in [0.25, 0.3) is 0 Å². The Labute approximate surface area is 140 Å². The SMILES string of the molecule is CC(C)(C)C1CCC(Oc2ccc3c(c2)CCC(C=O)C3)CC1. The molecule has 1 saturated carbocycles. The molecule has 23 heavy (non-hydrogen) atoms. The first-order valence-electron chi connectivity index (χ1n) is 9.19. The summed E-state index contributed by atoms with van der Waals surface area (Å²) >= 11 is 0. The fourth-order valence-corrected chi connectivity index (χ4v) is 4.19. The second-order valence-corrected chi connectivity index (χ2v) is 8.53. The van der Waals surface area contributed by atoms with Crippen molar-refractivity contribution in [2.24, 2.45) is 17.3 Å². The summed E-state index contributed by atoms with van der Waals surface area (Å²) in [6.45, 7) is 7.07. The zero-order valence-electron chi connectivity index (χ0n) is 14.8. The van der Waals surface area contributed by atoms with Gasteiger partial charge in [-0.15, -0.1) is 0 Å². The van der Waals surface area contributed by atoms with Crippen molar-refractivity contribution in [2.75, 3.05) is 0 Å². The van der Waals surface area contributed by atoms with Crippen molar-refractivity contribution in [3.8, 4) is 5.75 Å². The normalized spacial score (nSPS) is 28.0. The Bertz CT molecular complexity index is 547. The molecule has 2 aliphatic carbocycles. The minimum absolute atomic E-state index is 0.210. The highest BCUT2D eigenvalue weighted by Crippen LogP contribution is 2.39. The fourth-order valence-electron chi connectivity index (χ4n) is 4.19. The second kappa shape index (κ2) is 6.67. The Morgan fingerprint density at radius 2 is 1.78 bits per heavy atom. The lowest BCUT2D eigenvalue weighted by molar-refractivity contribution is -0.111. The average molecular weight is 314 g/mol. The summed E-state index contributed by atoms with van der Waals surface area (Å²) in [6.07, 6.45) is 9.27. The molecular formula is C21H30O2. The molecule has 0 aliphatic heterocycles. The minimum Gasteiger partial charge on any atom is -0.490 e. The van der Waals surface area contributed by atoms with Crippen molar-refractivity contribution in [3.63, 3.8) is 0 Å². The van der Waals surface area contributed by atoms with Gasteiger partial charge >= 0.3 is 0 Å². The predicted molar refractivity (Wildman–Crippen MR) is 93.9 cm³/mol. The number of carbonyl (C=O) groups excluding carboxylic acids is 1. The first-order chi connectivity index (χ1) is 11.0. The molecule has 1 unspecified atom stereocenters. The fraction of sp³-hybridized carbons (Fsp3) is 0.667. The van der Waals surface area contributed by atoms with Crippen molar-refractivity contribution in [3.05, 3.63) is 29.3 Å². The Balaban J connectivity index is 1.59. The molecule has 1 aromatic carbocycles. The topological polar surface area (TPSA) is 26.3 Å². The van der Waals surface area contributed by atoms with Crippen LogP contribution in [0.5, 0.6) is 5.75 Å². The van der Waals surface area contributed by atoms with Gasteiger partial charge in [-0.3, -0.25) is 0 Å². The van der Waals surface area contributed by atoms with Gasteiger partial charge in [0, 0.05) is 5.92 Å². The number of aryl methyl sites for hydroxylation is 1.